The van der Waals surface area contributed by atoms with E-state index in [2.05, 4.69) is 10.6 Å². The van der Waals surface area contributed by atoms with Gasteiger partial charge in [0, 0.05) is 36.0 Å². The molecule has 4 nitrogen and oxygen atoms in total. The van der Waals surface area contributed by atoms with E-state index < -0.39 is 11.1 Å². The zero-order valence-electron chi connectivity index (χ0n) is 18.7. The van der Waals surface area contributed by atoms with Crippen LogP contribution in [0.25, 0.3) is 0 Å². The number of hydrogen-bond acceptors (Lipinski definition) is 4. The van der Waals surface area contributed by atoms with E-state index in [0.29, 0.717) is 36.0 Å². The van der Waals surface area contributed by atoms with Crippen LogP contribution < -0.4 is 10.6 Å². The van der Waals surface area contributed by atoms with E-state index in [4.69, 9.17) is 23.2 Å². The SMILES string of the molecule is CC(C)(NCCCl)C(=O)c1ccc(Cc2ccc(C(=O)C(C)(C)NCCCl)cc2)cc1. The number of carbonyl (C=O) groups is 2. The largest absolute Gasteiger partial charge is 0.304 e. The highest BCUT2D eigenvalue weighted by Crippen LogP contribution is 2.18. The number of nitrogens with one attached hydrogen (secondary N) is 2. The van der Waals surface area contributed by atoms with E-state index in [-0.39, 0.29) is 11.6 Å². The molecule has 168 valence electrons. The molecule has 0 amide bonds. The second-order valence-corrected chi connectivity index (χ2v) is 9.47. The van der Waals surface area contributed by atoms with E-state index >= 15 is 0 Å². The van der Waals surface area contributed by atoms with Gasteiger partial charge in [0.15, 0.2) is 11.6 Å². The lowest BCUT2D eigenvalue weighted by Crippen LogP contribution is -2.47. The van der Waals surface area contributed by atoms with Gasteiger partial charge in [0.2, 0.25) is 0 Å². The van der Waals surface area contributed by atoms with Crippen LogP contribution in [-0.4, -0.2) is 47.5 Å². The number of hydrogen-bond donors (Lipinski definition) is 2. The molecule has 0 saturated heterocycles. The first-order valence-electron chi connectivity index (χ1n) is 10.5. The summed E-state index contributed by atoms with van der Waals surface area (Å²) in [6, 6.07) is 15.4. The predicted molar refractivity (Wildman–Crippen MR) is 130 cm³/mol. The fourth-order valence-electron chi connectivity index (χ4n) is 3.39. The van der Waals surface area contributed by atoms with Crippen molar-refractivity contribution in [1.29, 1.82) is 0 Å². The summed E-state index contributed by atoms with van der Waals surface area (Å²) in [6.45, 7) is 8.63. The highest BCUT2D eigenvalue weighted by atomic mass is 35.5. The van der Waals surface area contributed by atoms with Crippen molar-refractivity contribution in [3.63, 3.8) is 0 Å². The molecule has 0 aliphatic rings. The maximum atomic E-state index is 12.7. The monoisotopic (exact) mass is 462 g/mol. The minimum atomic E-state index is -0.662. The van der Waals surface area contributed by atoms with Crippen LogP contribution in [0.5, 0.6) is 0 Å². The number of carbonyl (C=O) groups excluding carboxylic acids is 2. The van der Waals surface area contributed by atoms with Crippen molar-refractivity contribution in [3.8, 4) is 0 Å². The molecular weight excluding hydrogens is 431 g/mol. The third kappa shape index (κ3) is 7.15. The maximum absolute atomic E-state index is 12.7. The van der Waals surface area contributed by atoms with Crippen molar-refractivity contribution in [2.45, 2.75) is 45.2 Å². The minimum Gasteiger partial charge on any atom is -0.304 e. The van der Waals surface area contributed by atoms with Crippen molar-refractivity contribution in [2.24, 2.45) is 0 Å². The Kier molecular flexibility index (Phi) is 9.26. The quantitative estimate of drug-likeness (QED) is 0.349. The Balaban J connectivity index is 2.04. The molecule has 0 saturated carbocycles. The molecule has 6 heteroatoms. The Bertz CT molecular complexity index is 802. The van der Waals surface area contributed by atoms with Gasteiger partial charge in [-0.25, -0.2) is 0 Å². The van der Waals surface area contributed by atoms with Crippen LogP contribution in [0.2, 0.25) is 0 Å². The summed E-state index contributed by atoms with van der Waals surface area (Å²) in [5, 5.41) is 6.35. The molecule has 0 fully saturated rings. The van der Waals surface area contributed by atoms with E-state index in [9.17, 15) is 9.59 Å². The average molecular weight is 463 g/mol. The molecule has 2 N–H and O–H groups in total. The third-order valence-corrected chi connectivity index (χ3v) is 5.68. The van der Waals surface area contributed by atoms with Crippen molar-refractivity contribution < 1.29 is 9.59 Å². The summed E-state index contributed by atoms with van der Waals surface area (Å²) in [6.07, 6.45) is 0.727. The minimum absolute atomic E-state index is 0.0393. The third-order valence-electron chi connectivity index (χ3n) is 5.30. The van der Waals surface area contributed by atoms with Crippen LogP contribution in [0.3, 0.4) is 0 Å². The van der Waals surface area contributed by atoms with Gasteiger partial charge in [-0.2, -0.15) is 0 Å². The van der Waals surface area contributed by atoms with E-state index in [1.54, 1.807) is 0 Å². The van der Waals surface area contributed by atoms with Crippen LogP contribution in [0.4, 0.5) is 0 Å². The number of alkyl halides is 2. The Morgan fingerprint density at radius 3 is 1.29 bits per heavy atom. The first-order valence-corrected chi connectivity index (χ1v) is 11.6. The molecule has 0 aromatic heterocycles. The molecule has 0 heterocycles. The first kappa shape index (κ1) is 25.5. The Labute approximate surface area is 195 Å². The van der Waals surface area contributed by atoms with Gasteiger partial charge in [-0.05, 0) is 45.2 Å². The highest BCUT2D eigenvalue weighted by molar-refractivity contribution is 6.18. The van der Waals surface area contributed by atoms with Gasteiger partial charge in [0.1, 0.15) is 0 Å². The molecule has 0 radical (unpaired) electrons. The lowest BCUT2D eigenvalue weighted by Gasteiger charge is -2.24. The summed E-state index contributed by atoms with van der Waals surface area (Å²) < 4.78 is 0. The van der Waals surface area contributed by atoms with E-state index in [1.165, 1.54) is 0 Å². The molecule has 31 heavy (non-hydrogen) atoms. The van der Waals surface area contributed by atoms with Crippen molar-refractivity contribution in [3.05, 3.63) is 70.8 Å². The van der Waals surface area contributed by atoms with Crippen LogP contribution >= 0.6 is 23.2 Å². The van der Waals surface area contributed by atoms with E-state index in [1.807, 2.05) is 76.2 Å². The Morgan fingerprint density at radius 1 is 0.677 bits per heavy atom. The summed E-state index contributed by atoms with van der Waals surface area (Å²) in [7, 11) is 0. The van der Waals surface area contributed by atoms with Crippen LogP contribution in [0.1, 0.15) is 59.5 Å². The molecule has 2 aromatic rings. The molecule has 2 aromatic carbocycles. The highest BCUT2D eigenvalue weighted by Gasteiger charge is 2.28. The van der Waals surface area contributed by atoms with Crippen LogP contribution in [0, 0.1) is 0 Å². The zero-order valence-corrected chi connectivity index (χ0v) is 20.2. The molecule has 0 atom stereocenters. The molecule has 0 bridgehead atoms. The standard InChI is InChI=1S/C25H32Cl2N2O2/c1-24(2,28-15-13-26)22(30)20-9-5-18(6-10-20)17-19-7-11-21(12-8-19)23(31)25(3,4)29-16-14-27/h5-12,28-29H,13-17H2,1-4H3. The number of benzene rings is 2. The fraction of sp³-hybridized carbons (Fsp3) is 0.440. The van der Waals surface area contributed by atoms with Gasteiger partial charge in [-0.15, -0.1) is 23.2 Å². The number of ketones is 2. The van der Waals surface area contributed by atoms with E-state index in [0.717, 1.165) is 17.5 Å². The van der Waals surface area contributed by atoms with Crippen molar-refractivity contribution >= 4 is 34.8 Å². The summed E-state index contributed by atoms with van der Waals surface area (Å²) in [5.74, 6) is 0.998. The first-order chi connectivity index (χ1) is 14.6. The van der Waals surface area contributed by atoms with Gasteiger partial charge >= 0.3 is 0 Å². The maximum Gasteiger partial charge on any atom is 0.182 e. The lowest BCUT2D eigenvalue weighted by molar-refractivity contribution is 0.0878. The number of Topliss-reactive ketones (excluding diaryl/α,β-unsaturated/α-hetero) is 2. The van der Waals surface area contributed by atoms with Gasteiger partial charge in [-0.1, -0.05) is 48.5 Å². The normalized spacial score (nSPS) is 12.1. The van der Waals surface area contributed by atoms with Crippen LogP contribution in [0.15, 0.2) is 48.5 Å². The van der Waals surface area contributed by atoms with Crippen molar-refractivity contribution in [2.75, 3.05) is 24.8 Å². The zero-order chi connectivity index (χ0) is 23.1. The lowest BCUT2D eigenvalue weighted by atomic mass is 9.91. The van der Waals surface area contributed by atoms with Gasteiger partial charge in [-0.3, -0.25) is 9.59 Å². The van der Waals surface area contributed by atoms with Crippen LogP contribution in [-0.2, 0) is 6.42 Å². The second kappa shape index (κ2) is 11.2. The van der Waals surface area contributed by atoms with Crippen molar-refractivity contribution in [1.82, 2.24) is 10.6 Å². The smallest absolute Gasteiger partial charge is 0.182 e. The van der Waals surface area contributed by atoms with Gasteiger partial charge in [0.05, 0.1) is 11.1 Å². The summed E-state index contributed by atoms with van der Waals surface area (Å²) >= 11 is 11.4. The number of halogens is 2. The predicted octanol–water partition coefficient (Wildman–Crippen LogP) is 4.86. The molecule has 0 aliphatic carbocycles. The average Bonchev–Trinajstić information content (AvgIpc) is 2.76. The van der Waals surface area contributed by atoms with Gasteiger partial charge < -0.3 is 10.6 Å². The molecule has 0 aliphatic heterocycles. The topological polar surface area (TPSA) is 58.2 Å². The molecule has 2 rings (SSSR count). The second-order valence-electron chi connectivity index (χ2n) is 8.71. The summed E-state index contributed by atoms with van der Waals surface area (Å²) in [5.41, 5.74) is 2.22. The summed E-state index contributed by atoms with van der Waals surface area (Å²) in [4.78, 5) is 25.5. The van der Waals surface area contributed by atoms with Gasteiger partial charge in [0.25, 0.3) is 0 Å². The molecule has 0 spiro atoms. The Hall–Kier alpha value is -1.72. The fourth-order valence-corrected chi connectivity index (χ4v) is 3.57. The Morgan fingerprint density at radius 2 is 1.00 bits per heavy atom. The molecule has 0 unspecified atom stereocenters. The number of rotatable bonds is 12. The molecular formula is C25H32Cl2N2O2.